The van der Waals surface area contributed by atoms with Gasteiger partial charge in [-0.15, -0.1) is 0 Å². The molecule has 0 radical (unpaired) electrons. The van der Waals surface area contributed by atoms with Crippen molar-refractivity contribution in [3.8, 4) is 5.75 Å². The number of fused-ring (bicyclic) bond motifs is 1. The molecule has 2 N–H and O–H groups in total. The number of rotatable bonds is 5. The number of nitrogen functional groups attached to an aromatic ring is 1. The van der Waals surface area contributed by atoms with E-state index < -0.39 is 0 Å². The van der Waals surface area contributed by atoms with Crippen LogP contribution in [0, 0.1) is 0 Å². The van der Waals surface area contributed by atoms with Gasteiger partial charge in [0, 0.05) is 18.3 Å². The number of carbonyl (C=O) groups excluding carboxylic acids is 1. The second kappa shape index (κ2) is 5.76. The molecule has 0 spiro atoms. The third-order valence-corrected chi connectivity index (χ3v) is 3.16. The lowest BCUT2D eigenvalue weighted by Crippen LogP contribution is -2.39. The van der Waals surface area contributed by atoms with E-state index in [9.17, 15) is 4.79 Å². The van der Waals surface area contributed by atoms with Crippen LogP contribution in [0.1, 0.15) is 32.6 Å². The molecule has 1 aliphatic heterocycles. The van der Waals surface area contributed by atoms with E-state index in [2.05, 4.69) is 6.92 Å². The van der Waals surface area contributed by atoms with Crippen LogP contribution in [0.15, 0.2) is 18.2 Å². The quantitative estimate of drug-likeness (QED) is 0.643. The lowest BCUT2D eigenvalue weighted by Gasteiger charge is -2.29. The van der Waals surface area contributed by atoms with Gasteiger partial charge in [0.25, 0.3) is 5.91 Å². The predicted molar refractivity (Wildman–Crippen MR) is 72.8 cm³/mol. The number of anilines is 2. The maximum absolute atomic E-state index is 11.9. The van der Waals surface area contributed by atoms with E-state index in [1.54, 1.807) is 12.1 Å². The average Bonchev–Trinajstić information content (AvgIpc) is 2.37. The molecular formula is C14H20N2O2. The summed E-state index contributed by atoms with van der Waals surface area (Å²) in [6, 6.07) is 5.45. The molecular weight excluding hydrogens is 228 g/mol. The van der Waals surface area contributed by atoms with E-state index in [4.69, 9.17) is 10.5 Å². The first kappa shape index (κ1) is 12.7. The molecule has 0 unspecified atom stereocenters. The van der Waals surface area contributed by atoms with Gasteiger partial charge in [-0.25, -0.2) is 0 Å². The van der Waals surface area contributed by atoms with Crippen LogP contribution in [0.2, 0.25) is 0 Å². The summed E-state index contributed by atoms with van der Waals surface area (Å²) >= 11 is 0. The van der Waals surface area contributed by atoms with Crippen molar-refractivity contribution in [2.75, 3.05) is 23.8 Å². The van der Waals surface area contributed by atoms with E-state index in [1.807, 2.05) is 11.0 Å². The van der Waals surface area contributed by atoms with Gasteiger partial charge in [-0.05, 0) is 18.6 Å². The smallest absolute Gasteiger partial charge is 0.265 e. The van der Waals surface area contributed by atoms with Gasteiger partial charge in [0.2, 0.25) is 0 Å². The summed E-state index contributed by atoms with van der Waals surface area (Å²) in [4.78, 5) is 13.7. The maximum atomic E-state index is 11.9. The second-order valence-corrected chi connectivity index (χ2v) is 4.62. The molecule has 1 heterocycles. The average molecular weight is 248 g/mol. The summed E-state index contributed by atoms with van der Waals surface area (Å²) in [6.45, 7) is 3.06. The van der Waals surface area contributed by atoms with Crippen LogP contribution in [0.4, 0.5) is 11.4 Å². The molecule has 18 heavy (non-hydrogen) atoms. The molecule has 4 heteroatoms. The summed E-state index contributed by atoms with van der Waals surface area (Å²) in [5.41, 5.74) is 7.22. The largest absolute Gasteiger partial charge is 0.481 e. The van der Waals surface area contributed by atoms with E-state index in [1.165, 1.54) is 12.8 Å². The fraction of sp³-hybridized carbons (Fsp3) is 0.500. The number of nitrogens with two attached hydrogens (primary N) is 1. The van der Waals surface area contributed by atoms with E-state index in [-0.39, 0.29) is 12.5 Å². The lowest BCUT2D eigenvalue weighted by atomic mass is 10.1. The summed E-state index contributed by atoms with van der Waals surface area (Å²) in [7, 11) is 0. The van der Waals surface area contributed by atoms with Crippen LogP contribution >= 0.6 is 0 Å². The minimum absolute atomic E-state index is 0.0313. The van der Waals surface area contributed by atoms with Gasteiger partial charge in [-0.1, -0.05) is 26.2 Å². The highest BCUT2D eigenvalue weighted by molar-refractivity contribution is 5.98. The molecule has 0 aliphatic carbocycles. The molecule has 1 aromatic rings. The highest BCUT2D eigenvalue weighted by Crippen LogP contribution is 2.33. The van der Waals surface area contributed by atoms with Crippen molar-refractivity contribution < 1.29 is 9.53 Å². The van der Waals surface area contributed by atoms with Crippen molar-refractivity contribution in [3.05, 3.63) is 18.2 Å². The maximum Gasteiger partial charge on any atom is 0.265 e. The first-order valence-corrected chi connectivity index (χ1v) is 6.55. The summed E-state index contributed by atoms with van der Waals surface area (Å²) in [6.07, 6.45) is 4.60. The summed E-state index contributed by atoms with van der Waals surface area (Å²) in [5.74, 6) is 0.744. The molecule has 4 nitrogen and oxygen atoms in total. The van der Waals surface area contributed by atoms with Crippen molar-refractivity contribution in [2.45, 2.75) is 32.6 Å². The zero-order valence-electron chi connectivity index (χ0n) is 10.8. The monoisotopic (exact) mass is 248 g/mol. The summed E-state index contributed by atoms with van der Waals surface area (Å²) in [5, 5.41) is 0. The van der Waals surface area contributed by atoms with Gasteiger partial charge in [-0.3, -0.25) is 4.79 Å². The van der Waals surface area contributed by atoms with Crippen LogP contribution in [0.25, 0.3) is 0 Å². The zero-order valence-corrected chi connectivity index (χ0v) is 10.8. The Labute approximate surface area is 108 Å². The molecule has 98 valence electrons. The van der Waals surface area contributed by atoms with Gasteiger partial charge in [0.15, 0.2) is 6.61 Å². The Morgan fingerprint density at radius 1 is 1.33 bits per heavy atom. The van der Waals surface area contributed by atoms with Gasteiger partial charge in [-0.2, -0.15) is 0 Å². The fourth-order valence-corrected chi connectivity index (χ4v) is 2.16. The van der Waals surface area contributed by atoms with Crippen molar-refractivity contribution in [1.82, 2.24) is 0 Å². The number of unbranched alkanes of at least 4 members (excludes halogenated alkanes) is 3. The number of carbonyl (C=O) groups is 1. The Balaban J connectivity index is 2.08. The SMILES string of the molecule is CCCCCCN1C(=O)COc2cc(N)ccc21. The van der Waals surface area contributed by atoms with Gasteiger partial charge >= 0.3 is 0 Å². The van der Waals surface area contributed by atoms with Gasteiger partial charge in [0.05, 0.1) is 5.69 Å². The normalized spacial score (nSPS) is 14.3. The minimum atomic E-state index is 0.0313. The number of ether oxygens (including phenoxy) is 1. The number of benzene rings is 1. The fourth-order valence-electron chi connectivity index (χ4n) is 2.16. The highest BCUT2D eigenvalue weighted by Gasteiger charge is 2.24. The Hall–Kier alpha value is -1.71. The molecule has 0 saturated carbocycles. The molecule has 1 aliphatic rings. The first-order valence-electron chi connectivity index (χ1n) is 6.55. The van der Waals surface area contributed by atoms with Crippen LogP contribution in [-0.2, 0) is 4.79 Å². The van der Waals surface area contributed by atoms with E-state index >= 15 is 0 Å². The van der Waals surface area contributed by atoms with Crippen LogP contribution in [0.3, 0.4) is 0 Å². The Kier molecular flexibility index (Phi) is 4.07. The molecule has 0 fully saturated rings. The Morgan fingerprint density at radius 2 is 2.17 bits per heavy atom. The molecule has 0 saturated heterocycles. The number of nitrogens with zero attached hydrogens (tertiary/aromatic N) is 1. The van der Waals surface area contributed by atoms with Crippen molar-refractivity contribution in [1.29, 1.82) is 0 Å². The summed E-state index contributed by atoms with van der Waals surface area (Å²) < 4.78 is 5.40. The minimum Gasteiger partial charge on any atom is -0.481 e. The van der Waals surface area contributed by atoms with E-state index in [0.29, 0.717) is 11.4 Å². The molecule has 0 bridgehead atoms. The zero-order chi connectivity index (χ0) is 13.0. The van der Waals surface area contributed by atoms with Crippen LogP contribution in [0.5, 0.6) is 5.75 Å². The molecule has 1 amide bonds. The topological polar surface area (TPSA) is 55.6 Å². The Bertz CT molecular complexity index is 432. The number of amides is 1. The van der Waals surface area contributed by atoms with Crippen LogP contribution in [-0.4, -0.2) is 19.1 Å². The standard InChI is InChI=1S/C14H20N2O2/c1-2-3-4-5-8-16-12-7-6-11(15)9-13(12)18-10-14(16)17/h6-7,9H,2-5,8,10,15H2,1H3. The van der Waals surface area contributed by atoms with Crippen molar-refractivity contribution >= 4 is 17.3 Å². The lowest BCUT2D eigenvalue weighted by molar-refractivity contribution is -0.121. The molecule has 2 rings (SSSR count). The molecule has 1 aromatic carbocycles. The number of hydrogen-bond acceptors (Lipinski definition) is 3. The second-order valence-electron chi connectivity index (χ2n) is 4.62. The van der Waals surface area contributed by atoms with E-state index in [0.717, 1.165) is 25.1 Å². The Morgan fingerprint density at radius 3 is 2.94 bits per heavy atom. The van der Waals surface area contributed by atoms with Crippen LogP contribution < -0.4 is 15.4 Å². The van der Waals surface area contributed by atoms with Gasteiger partial charge < -0.3 is 15.4 Å². The molecule has 0 aromatic heterocycles. The van der Waals surface area contributed by atoms with Crippen molar-refractivity contribution in [2.24, 2.45) is 0 Å². The van der Waals surface area contributed by atoms with Crippen molar-refractivity contribution in [3.63, 3.8) is 0 Å². The third kappa shape index (κ3) is 2.75. The third-order valence-electron chi connectivity index (χ3n) is 3.16. The molecule has 0 atom stereocenters. The predicted octanol–water partition coefficient (Wildman–Crippen LogP) is 2.57. The number of hydrogen-bond donors (Lipinski definition) is 1. The first-order chi connectivity index (χ1) is 8.72. The highest BCUT2D eigenvalue weighted by atomic mass is 16.5. The van der Waals surface area contributed by atoms with Gasteiger partial charge in [0.1, 0.15) is 5.75 Å².